The summed E-state index contributed by atoms with van der Waals surface area (Å²) < 4.78 is 31.7. The van der Waals surface area contributed by atoms with Gasteiger partial charge in [0.2, 0.25) is 82.7 Å². The van der Waals surface area contributed by atoms with Crippen molar-refractivity contribution in [2.24, 2.45) is 22.9 Å². The minimum atomic E-state index is -5.08. The molecule has 6 aromatic carbocycles. The molecule has 149 heavy (non-hydrogen) atoms. The number of hydrogen-bond donors (Lipinski definition) is 27. The van der Waals surface area contributed by atoms with Gasteiger partial charge in [-0.1, -0.05) is 201 Å². The van der Waals surface area contributed by atoms with E-state index in [9.17, 15) is 72.6 Å². The second-order valence-corrected chi connectivity index (χ2v) is 40.9. The van der Waals surface area contributed by atoms with Gasteiger partial charge in [0.25, 0.3) is 0 Å². The molecule has 42 nitrogen and oxygen atoms in total. The number of carboxylic acid groups (broad SMARTS) is 1. The Morgan fingerprint density at radius 2 is 0.671 bits per heavy atom. The van der Waals surface area contributed by atoms with Crippen molar-refractivity contribution in [3.05, 3.63) is 216 Å². The normalized spacial score (nSPS) is 22.3. The van der Waals surface area contributed by atoms with Gasteiger partial charge in [0.15, 0.2) is 0 Å². The molecule has 0 spiro atoms. The third-order valence-electron chi connectivity index (χ3n) is 23.9. The van der Waals surface area contributed by atoms with Gasteiger partial charge in [-0.15, -0.1) is 0 Å². The fourth-order valence-electron chi connectivity index (χ4n) is 15.5. The lowest BCUT2D eigenvalue weighted by atomic mass is 10.0. The van der Waals surface area contributed by atoms with Crippen molar-refractivity contribution in [2.45, 2.75) is 232 Å². The number of unbranched alkanes of at least 4 members (excludes halogenated alkanes) is 2. The molecule has 1 saturated heterocycles. The summed E-state index contributed by atoms with van der Waals surface area (Å²) in [5, 5.41) is 111. The van der Waals surface area contributed by atoms with Crippen molar-refractivity contribution >= 4 is 154 Å². The van der Waals surface area contributed by atoms with E-state index in [1.165, 1.54) is 13.8 Å². The number of benzene rings is 6. The molecule has 1 aliphatic heterocycles. The third-order valence-corrected chi connectivity index (χ3v) is 28.8. The number of carbonyl (C=O) groups is 15. The number of nitrogens with two attached hydrogens (primary N) is 4. The summed E-state index contributed by atoms with van der Waals surface area (Å²) in [6.45, 7) is 3.38. The summed E-state index contributed by atoms with van der Waals surface area (Å²) in [6, 6.07) is 23.1. The average Bonchev–Trinajstić information content (AvgIpc) is 1.66. The lowest BCUT2D eigenvalue weighted by molar-refractivity contribution is -0.192. The summed E-state index contributed by atoms with van der Waals surface area (Å²) in [6.07, 6.45) is -8.79. The average molecular weight is 2150 g/mol. The zero-order chi connectivity index (χ0) is 109. The van der Waals surface area contributed by atoms with Crippen LogP contribution in [0, 0.1) is 0 Å². The van der Waals surface area contributed by atoms with E-state index < -0.39 is 241 Å². The lowest BCUT2D eigenvalue weighted by Crippen LogP contribution is -2.62. The SMILES string of the molecule is C[C@@H](O)[C@@H]1NC(=O)[C@H](CCCCN)NC(=O)[C@@H](Cc2c[nH]c3ccccc23)NC(=O)[C@H](Cc2ccccc2)NC(=O)[C@@H](NC(=O)[C@H](N)Cc2ccccc2)CSSC[C@H](NC(=O)[C@H](N)Cc2ccccc2)C(=O)N[C@@H](Cc2ccccc2)C(=O)N[C@H](Cc2c[nH]c3ccccc23)C(=O)N[C@@H](CCCCN)C(=O)N[C@@H]([C@@H](C)O)C(=O)N[C@H](C(=O)N[C@H](CO)[C@@H](C)O)CSSC[C@@H](C(=O)N[C@H](CO)[C@@H](C)O)NC1=O.O=C(O)C(F)(F)F. The van der Waals surface area contributed by atoms with E-state index in [4.69, 9.17) is 32.8 Å². The maximum absolute atomic E-state index is 15.7. The number of hydrogen-bond acceptors (Lipinski definition) is 29. The van der Waals surface area contributed by atoms with Gasteiger partial charge in [0.05, 0.1) is 61.8 Å². The fraction of sp³-hybridized carbons (Fsp3) is 0.450. The van der Waals surface area contributed by atoms with Crippen molar-refractivity contribution < 1.29 is 121 Å². The maximum Gasteiger partial charge on any atom is 0.490 e. The smallest absolute Gasteiger partial charge is 0.475 e. The van der Waals surface area contributed by atoms with Gasteiger partial charge in [-0.3, -0.25) is 67.1 Å². The third kappa shape index (κ3) is 39.9. The number of carboxylic acids is 1. The highest BCUT2D eigenvalue weighted by atomic mass is 33.1. The molecule has 9 rings (SSSR count). The standard InChI is InChI=1S/C98H132N20O20S4.C2HF3O2/c1-55(121)77(49-119)111-95(135)81-53-141-142-54-82(96(136)112-78(50-120)56(2)122)116-98(138)84(58(4)124)118-88(128)72(38-22-24-40-100)106-92(132)76(46-64-48-104-70-36-20-18-34-66(64)70)110-90(130)74(44-62-31-15-8-16-32-62)108-94(134)80(114-86(126)68(102)42-60-27-11-6-12-28-60)52-140-139-51-79(113-85(125)67(101)41-59-25-9-5-10-26-59)93(133)107-73(43-61-29-13-7-14-30-61)89(129)109-75(45-63-47-103-69-35-19-17-33-65(63)69)91(131)105-71(37-21-23-39-99)87(127)117-83(57(3)123)97(137)115-81;3-2(4,5)1(6)7/h5-20,25-36,47-48,55-58,67-68,71-84,103-104,119-124H,21-24,37-46,49-54,99-102H2,1-4H3,(H,105,131)(H,106,132)(H,107,133)(H,108,134)(H,109,129)(H,110,130)(H,111,135)(H,112,136)(H,113,125)(H,114,126)(H,115,137)(H,116,138)(H,117,127)(H,118,128);(H,6,7)/t55-,56-,57-,58-,67-,68-,71+,72+,73+,74+,75-,76-,77-,78-,79+,80+,81+,82+,83+,84+;/m1./s1. The van der Waals surface area contributed by atoms with Crippen LogP contribution in [0.15, 0.2) is 182 Å². The number of halogens is 3. The molecule has 1 fully saturated rings. The molecule has 49 heteroatoms. The first-order chi connectivity index (χ1) is 71.1. The molecule has 3 heterocycles. The number of H-pyrrole nitrogens is 2. The molecular weight excluding hydrogens is 2020 g/mol. The Balaban J connectivity index is 0.00000372. The number of para-hydroxylation sites is 2. The quantitative estimate of drug-likeness (QED) is 0.0170. The molecule has 14 amide bonds. The molecule has 0 saturated carbocycles. The molecule has 8 aromatic rings. The molecule has 20 atom stereocenters. The zero-order valence-electron chi connectivity index (χ0n) is 82.3. The van der Waals surface area contributed by atoms with Crippen LogP contribution in [0.25, 0.3) is 21.8 Å². The van der Waals surface area contributed by atoms with Gasteiger partial charge in [-0.25, -0.2) is 4.79 Å². The molecule has 1 aliphatic rings. The highest BCUT2D eigenvalue weighted by Crippen LogP contribution is 2.28. The van der Waals surface area contributed by atoms with Crippen LogP contribution in [-0.4, -0.2) is 311 Å². The molecular formula is C100H133F3N20O22S4. The summed E-state index contributed by atoms with van der Waals surface area (Å²) >= 11 is 0. The first-order valence-electron chi connectivity index (χ1n) is 48.3. The second kappa shape index (κ2) is 62.0. The number of aliphatic hydroxyl groups is 6. The van der Waals surface area contributed by atoms with Crippen molar-refractivity contribution in [1.29, 1.82) is 0 Å². The van der Waals surface area contributed by atoms with Crippen LogP contribution in [0.1, 0.15) is 99.6 Å². The molecule has 0 aliphatic carbocycles. The van der Waals surface area contributed by atoms with Gasteiger partial charge in [0.1, 0.15) is 72.5 Å². The van der Waals surface area contributed by atoms with E-state index in [0.717, 1.165) is 57.0 Å². The molecule has 2 aromatic heterocycles. The van der Waals surface area contributed by atoms with Gasteiger partial charge >= 0.3 is 12.1 Å². The number of rotatable bonds is 34. The minimum Gasteiger partial charge on any atom is -0.475 e. The Bertz CT molecular complexity index is 5370. The fourth-order valence-corrected chi connectivity index (χ4v) is 20.1. The van der Waals surface area contributed by atoms with E-state index >= 15 is 38.4 Å². The summed E-state index contributed by atoms with van der Waals surface area (Å²) in [5.74, 6) is -18.5. The van der Waals surface area contributed by atoms with Crippen LogP contribution in [-0.2, 0) is 110 Å². The van der Waals surface area contributed by atoms with Crippen molar-refractivity contribution in [1.82, 2.24) is 84.4 Å². The van der Waals surface area contributed by atoms with Crippen molar-refractivity contribution in [2.75, 3.05) is 49.3 Å². The number of aliphatic hydroxyl groups excluding tert-OH is 6. The molecule has 0 bridgehead atoms. The number of aromatic nitrogens is 2. The van der Waals surface area contributed by atoms with Crippen LogP contribution < -0.4 is 97.4 Å². The van der Waals surface area contributed by atoms with Gasteiger partial charge in [-0.05, 0) is 138 Å². The van der Waals surface area contributed by atoms with E-state index in [0.29, 0.717) is 55.2 Å². The highest BCUT2D eigenvalue weighted by Gasteiger charge is 2.42. The first-order valence-corrected chi connectivity index (χ1v) is 53.2. The molecule has 0 unspecified atom stereocenters. The zero-order valence-corrected chi connectivity index (χ0v) is 85.6. The summed E-state index contributed by atoms with van der Waals surface area (Å²) in [7, 11) is 3.45. The minimum absolute atomic E-state index is 0.00569. The van der Waals surface area contributed by atoms with E-state index in [1.54, 1.807) is 182 Å². The number of fused-ring (bicyclic) bond motifs is 2. The molecule has 810 valence electrons. The predicted molar refractivity (Wildman–Crippen MR) is 558 cm³/mol. The number of carbonyl (C=O) groups excluding carboxylic acids is 14. The Labute approximate surface area is 873 Å². The molecule has 31 N–H and O–H groups in total. The highest BCUT2D eigenvalue weighted by molar-refractivity contribution is 8.77. The largest absolute Gasteiger partial charge is 0.490 e. The van der Waals surface area contributed by atoms with Gasteiger partial charge < -0.3 is 143 Å². The Morgan fingerprint density at radius 3 is 0.980 bits per heavy atom. The molecule has 0 radical (unpaired) electrons. The van der Waals surface area contributed by atoms with Gasteiger partial charge in [0, 0.05) is 82.9 Å². The van der Waals surface area contributed by atoms with Crippen LogP contribution in [0.4, 0.5) is 13.2 Å². The summed E-state index contributed by atoms with van der Waals surface area (Å²) in [5.41, 5.74) is 29.8. The van der Waals surface area contributed by atoms with Crippen LogP contribution in [0.5, 0.6) is 0 Å². The Kier molecular flexibility index (Phi) is 50.5. The maximum atomic E-state index is 15.7. The van der Waals surface area contributed by atoms with Crippen LogP contribution in [0.3, 0.4) is 0 Å². The first kappa shape index (κ1) is 121. The Hall–Kier alpha value is -12.8. The number of alkyl halides is 3. The number of aromatic amines is 2. The topological polar surface area (TPSA) is 702 Å². The lowest BCUT2D eigenvalue weighted by Gasteiger charge is -2.29. The Morgan fingerprint density at radius 1 is 0.383 bits per heavy atom. The van der Waals surface area contributed by atoms with Crippen molar-refractivity contribution in [3.63, 3.8) is 0 Å². The number of nitrogens with one attached hydrogen (secondary N) is 16. The van der Waals surface area contributed by atoms with Crippen molar-refractivity contribution in [3.8, 4) is 0 Å². The van der Waals surface area contributed by atoms with E-state index in [2.05, 4.69) is 84.4 Å². The summed E-state index contributed by atoms with van der Waals surface area (Å²) in [4.78, 5) is 227. The monoisotopic (exact) mass is 2150 g/mol. The predicted octanol–water partition coefficient (Wildman–Crippen LogP) is -0.978. The van der Waals surface area contributed by atoms with Gasteiger partial charge in [-0.2, -0.15) is 13.2 Å². The van der Waals surface area contributed by atoms with Crippen LogP contribution >= 0.6 is 43.2 Å². The second-order valence-electron chi connectivity index (χ2n) is 35.8. The van der Waals surface area contributed by atoms with E-state index in [1.807, 2.05) is 0 Å². The number of aliphatic carboxylic acids is 1. The number of amides is 14. The van der Waals surface area contributed by atoms with E-state index in [-0.39, 0.29) is 102 Å². The van der Waals surface area contributed by atoms with Crippen LogP contribution in [0.2, 0.25) is 0 Å².